The Morgan fingerprint density at radius 1 is 1.17 bits per heavy atom. The van der Waals surface area contributed by atoms with Crippen LogP contribution < -0.4 is 5.32 Å². The Morgan fingerprint density at radius 3 is 2.48 bits per heavy atom. The highest BCUT2D eigenvalue weighted by molar-refractivity contribution is 7.76. The Hall–Kier alpha value is -2.02. The van der Waals surface area contributed by atoms with Gasteiger partial charge in [-0.25, -0.2) is 4.31 Å². The summed E-state index contributed by atoms with van der Waals surface area (Å²) in [5, 5.41) is 2.80. The lowest BCUT2D eigenvalue weighted by atomic mass is 9.95. The van der Waals surface area contributed by atoms with Crippen LogP contribution in [0.15, 0.2) is 48.5 Å². The number of anilines is 1. The van der Waals surface area contributed by atoms with Gasteiger partial charge in [0.25, 0.3) is 0 Å². The van der Waals surface area contributed by atoms with Crippen LogP contribution in [0, 0.1) is 6.92 Å². The molecule has 2 unspecified atom stereocenters. The van der Waals surface area contributed by atoms with Crippen LogP contribution in [0.5, 0.6) is 0 Å². The molecule has 0 spiro atoms. The molecule has 2 aromatic rings. The van der Waals surface area contributed by atoms with Crippen LogP contribution in [0.4, 0.5) is 5.69 Å². The molecule has 1 N–H and O–H groups in total. The van der Waals surface area contributed by atoms with E-state index in [-0.39, 0.29) is 12.5 Å². The first-order chi connectivity index (χ1) is 11.0. The maximum Gasteiger partial charge on any atom is 0.243 e. The minimum absolute atomic E-state index is 0.221. The van der Waals surface area contributed by atoms with E-state index in [1.807, 2.05) is 55.5 Å². The Balaban J connectivity index is 1.83. The van der Waals surface area contributed by atoms with Crippen molar-refractivity contribution >= 4 is 22.9 Å². The van der Waals surface area contributed by atoms with Gasteiger partial charge in [0.15, 0.2) is 0 Å². The first kappa shape index (κ1) is 15.9. The van der Waals surface area contributed by atoms with E-state index < -0.39 is 17.3 Å². The SMILES string of the molecule is Cc1ccc(NC(=O)C2Cc3ccccc3CN2S(=O)[O-])cc1. The van der Waals surface area contributed by atoms with Crippen LogP contribution in [0.3, 0.4) is 0 Å². The highest BCUT2D eigenvalue weighted by Gasteiger charge is 2.32. The molecule has 1 aliphatic rings. The van der Waals surface area contributed by atoms with Crippen molar-refractivity contribution in [1.82, 2.24) is 4.31 Å². The second-order valence-corrected chi connectivity index (χ2v) is 6.54. The monoisotopic (exact) mass is 329 g/mol. The fourth-order valence-corrected chi connectivity index (χ4v) is 3.36. The number of amides is 1. The number of rotatable bonds is 3. The average molecular weight is 329 g/mol. The predicted octanol–water partition coefficient (Wildman–Crippen LogP) is 2.15. The Morgan fingerprint density at radius 2 is 1.83 bits per heavy atom. The molecule has 5 nitrogen and oxygen atoms in total. The molecular weight excluding hydrogens is 312 g/mol. The number of benzene rings is 2. The normalized spacial score (nSPS) is 19.0. The number of nitrogens with zero attached hydrogens (tertiary/aromatic N) is 1. The Kier molecular flexibility index (Phi) is 4.56. The van der Waals surface area contributed by atoms with Crippen molar-refractivity contribution in [3.63, 3.8) is 0 Å². The van der Waals surface area contributed by atoms with E-state index in [9.17, 15) is 13.6 Å². The van der Waals surface area contributed by atoms with E-state index in [2.05, 4.69) is 5.32 Å². The van der Waals surface area contributed by atoms with E-state index >= 15 is 0 Å². The minimum Gasteiger partial charge on any atom is -0.760 e. The first-order valence-corrected chi connectivity index (χ1v) is 8.38. The summed E-state index contributed by atoms with van der Waals surface area (Å²) in [5.41, 5.74) is 3.71. The molecule has 120 valence electrons. The standard InChI is InChI=1S/C17H18N2O3S/c1-12-6-8-15(9-7-12)18-17(20)16-10-13-4-2-3-5-14(13)11-19(16)23(21)22/h2-9,16H,10-11H2,1H3,(H,18,20)(H,21,22)/p-1. The summed E-state index contributed by atoms with van der Waals surface area (Å²) in [6, 6.07) is 14.3. The highest BCUT2D eigenvalue weighted by atomic mass is 32.2. The van der Waals surface area contributed by atoms with Gasteiger partial charge < -0.3 is 9.87 Å². The summed E-state index contributed by atoms with van der Waals surface area (Å²) >= 11 is -2.45. The zero-order chi connectivity index (χ0) is 16.4. The van der Waals surface area contributed by atoms with Gasteiger partial charge in [-0.1, -0.05) is 42.0 Å². The molecule has 1 amide bonds. The molecule has 0 saturated carbocycles. The van der Waals surface area contributed by atoms with Crippen LogP contribution in [-0.4, -0.2) is 25.0 Å². The summed E-state index contributed by atoms with van der Waals surface area (Å²) in [5.74, 6) is -0.312. The molecule has 6 heteroatoms. The quantitative estimate of drug-likeness (QED) is 0.877. The van der Waals surface area contributed by atoms with E-state index in [1.54, 1.807) is 0 Å². The molecule has 2 aromatic carbocycles. The zero-order valence-corrected chi connectivity index (χ0v) is 13.5. The van der Waals surface area contributed by atoms with Crippen molar-refractivity contribution in [1.29, 1.82) is 0 Å². The van der Waals surface area contributed by atoms with E-state index in [0.717, 1.165) is 16.7 Å². The lowest BCUT2D eigenvalue weighted by molar-refractivity contribution is -0.120. The molecule has 2 atom stereocenters. The lowest BCUT2D eigenvalue weighted by Gasteiger charge is -2.36. The molecule has 0 aliphatic carbocycles. The molecule has 1 heterocycles. The Bertz CT molecular complexity index is 746. The van der Waals surface area contributed by atoms with Crippen molar-refractivity contribution in [3.8, 4) is 0 Å². The topological polar surface area (TPSA) is 72.5 Å². The third kappa shape index (κ3) is 3.50. The van der Waals surface area contributed by atoms with Crippen molar-refractivity contribution in [2.75, 3.05) is 5.32 Å². The van der Waals surface area contributed by atoms with Gasteiger partial charge in [-0.3, -0.25) is 9.00 Å². The number of hydrogen-bond acceptors (Lipinski definition) is 3. The van der Waals surface area contributed by atoms with Gasteiger partial charge in [0.05, 0.1) is 0 Å². The van der Waals surface area contributed by atoms with Gasteiger partial charge in [0, 0.05) is 23.5 Å². The number of carbonyl (C=O) groups is 1. The number of carbonyl (C=O) groups excluding carboxylic acids is 1. The van der Waals surface area contributed by atoms with Crippen LogP contribution in [-0.2, 0) is 29.0 Å². The van der Waals surface area contributed by atoms with E-state index in [1.165, 1.54) is 4.31 Å². The summed E-state index contributed by atoms with van der Waals surface area (Å²) in [4.78, 5) is 12.6. The van der Waals surface area contributed by atoms with Crippen molar-refractivity contribution in [2.24, 2.45) is 0 Å². The zero-order valence-electron chi connectivity index (χ0n) is 12.7. The maximum absolute atomic E-state index is 12.6. The fraction of sp³-hybridized carbons (Fsp3) is 0.235. The van der Waals surface area contributed by atoms with Gasteiger partial charge in [-0.2, -0.15) is 0 Å². The smallest absolute Gasteiger partial charge is 0.243 e. The fourth-order valence-electron chi connectivity index (χ4n) is 2.74. The van der Waals surface area contributed by atoms with Crippen molar-refractivity contribution in [2.45, 2.75) is 25.9 Å². The van der Waals surface area contributed by atoms with Gasteiger partial charge >= 0.3 is 0 Å². The average Bonchev–Trinajstić information content (AvgIpc) is 2.55. The second-order valence-electron chi connectivity index (χ2n) is 5.64. The third-order valence-corrected chi connectivity index (χ3v) is 4.79. The van der Waals surface area contributed by atoms with Crippen LogP contribution in [0.25, 0.3) is 0 Å². The van der Waals surface area contributed by atoms with Gasteiger partial charge in [-0.15, -0.1) is 0 Å². The second kappa shape index (κ2) is 6.62. The molecule has 0 bridgehead atoms. The maximum atomic E-state index is 12.6. The molecule has 0 aromatic heterocycles. The number of fused-ring (bicyclic) bond motifs is 1. The summed E-state index contributed by atoms with van der Waals surface area (Å²) in [6.45, 7) is 2.18. The van der Waals surface area contributed by atoms with Gasteiger partial charge in [0.2, 0.25) is 5.91 Å². The van der Waals surface area contributed by atoms with Crippen molar-refractivity contribution in [3.05, 3.63) is 65.2 Å². The summed E-state index contributed by atoms with van der Waals surface area (Å²) in [7, 11) is 0. The molecule has 3 rings (SSSR count). The molecular formula is C17H17N2O3S-. The number of nitrogens with one attached hydrogen (secondary N) is 1. The molecule has 23 heavy (non-hydrogen) atoms. The lowest BCUT2D eigenvalue weighted by Crippen LogP contribution is -2.48. The summed E-state index contributed by atoms with van der Waals surface area (Å²) in [6.07, 6.45) is 0.377. The van der Waals surface area contributed by atoms with Crippen LogP contribution in [0.1, 0.15) is 16.7 Å². The van der Waals surface area contributed by atoms with E-state index in [4.69, 9.17) is 0 Å². The summed E-state index contributed by atoms with van der Waals surface area (Å²) < 4.78 is 24.2. The molecule has 1 aliphatic heterocycles. The third-order valence-electron chi connectivity index (χ3n) is 4.02. The molecule has 0 saturated heterocycles. The minimum atomic E-state index is -2.45. The number of hydrogen-bond donors (Lipinski definition) is 1. The van der Waals surface area contributed by atoms with Gasteiger partial charge in [-0.05, 0) is 36.6 Å². The highest BCUT2D eigenvalue weighted by Crippen LogP contribution is 2.25. The predicted molar refractivity (Wildman–Crippen MR) is 88.2 cm³/mol. The number of aryl methyl sites for hydroxylation is 1. The van der Waals surface area contributed by atoms with E-state index in [0.29, 0.717) is 12.1 Å². The van der Waals surface area contributed by atoms with Gasteiger partial charge in [0.1, 0.15) is 6.04 Å². The largest absolute Gasteiger partial charge is 0.760 e. The van der Waals surface area contributed by atoms with Crippen LogP contribution >= 0.6 is 0 Å². The first-order valence-electron chi connectivity index (χ1n) is 7.35. The molecule has 0 fully saturated rings. The molecule has 0 radical (unpaired) electrons. The Labute approximate surface area is 137 Å². The van der Waals surface area contributed by atoms with Crippen LogP contribution in [0.2, 0.25) is 0 Å². The van der Waals surface area contributed by atoms with Crippen molar-refractivity contribution < 1.29 is 13.6 Å².